The number of rotatable bonds is 4. The van der Waals surface area contributed by atoms with Gasteiger partial charge in [-0.1, -0.05) is 17.3 Å². The molecule has 0 amide bonds. The van der Waals surface area contributed by atoms with E-state index in [2.05, 4.69) is 5.16 Å². The minimum atomic E-state index is -3.88. The third-order valence-corrected chi connectivity index (χ3v) is 6.59. The molecule has 0 radical (unpaired) electrons. The van der Waals surface area contributed by atoms with Crippen LogP contribution < -0.4 is 0 Å². The number of carboxylic acid groups (broad SMARTS) is 1. The summed E-state index contributed by atoms with van der Waals surface area (Å²) >= 11 is 0. The lowest BCUT2D eigenvalue weighted by Gasteiger charge is -2.33. The molecule has 8 nitrogen and oxygen atoms in total. The lowest BCUT2D eigenvalue weighted by Crippen LogP contribution is -2.48. The number of carboxylic acids is 1. The minimum Gasteiger partial charge on any atom is -0.481 e. The summed E-state index contributed by atoms with van der Waals surface area (Å²) < 4.78 is 32.4. The van der Waals surface area contributed by atoms with Gasteiger partial charge in [0.05, 0.1) is 22.6 Å². The first-order chi connectivity index (χ1) is 12.2. The Bertz CT molecular complexity index is 936. The number of sulfonamides is 1. The van der Waals surface area contributed by atoms with Crippen molar-refractivity contribution in [2.24, 2.45) is 5.92 Å². The first-order valence-electron chi connectivity index (χ1n) is 8.15. The van der Waals surface area contributed by atoms with E-state index in [1.165, 1.54) is 6.07 Å². The lowest BCUT2D eigenvalue weighted by atomic mass is 9.95. The number of β-amino-alcohol motifs (C(OH)–C–C–N with tert-alkyl or cyclic N) is 1. The van der Waals surface area contributed by atoms with Gasteiger partial charge in [-0.3, -0.25) is 4.79 Å². The molecular formula is C17H20N2O6S. The van der Waals surface area contributed by atoms with E-state index in [9.17, 15) is 18.3 Å². The van der Waals surface area contributed by atoms with Crippen LogP contribution in [0.5, 0.6) is 0 Å². The van der Waals surface area contributed by atoms with Crippen LogP contribution in [0, 0.1) is 19.8 Å². The predicted molar refractivity (Wildman–Crippen MR) is 91.9 cm³/mol. The summed E-state index contributed by atoms with van der Waals surface area (Å²) in [6.45, 7) is 3.25. The summed E-state index contributed by atoms with van der Waals surface area (Å²) in [5.74, 6) is -1.61. The number of aryl methyl sites for hydroxylation is 2. The van der Waals surface area contributed by atoms with E-state index in [1.54, 1.807) is 32.0 Å². The molecule has 2 atom stereocenters. The Morgan fingerprint density at radius 2 is 2.04 bits per heavy atom. The van der Waals surface area contributed by atoms with Gasteiger partial charge in [-0.15, -0.1) is 0 Å². The zero-order chi connectivity index (χ0) is 19.1. The van der Waals surface area contributed by atoms with E-state index < -0.39 is 28.0 Å². The summed E-state index contributed by atoms with van der Waals surface area (Å²) in [6.07, 6.45) is -1.17. The Morgan fingerprint density at radius 1 is 1.31 bits per heavy atom. The van der Waals surface area contributed by atoms with Crippen molar-refractivity contribution in [2.75, 3.05) is 13.1 Å². The monoisotopic (exact) mass is 380 g/mol. The predicted octanol–water partition coefficient (Wildman–Crippen LogP) is 1.41. The summed E-state index contributed by atoms with van der Waals surface area (Å²) in [7, 11) is -3.88. The molecule has 140 valence electrons. The fraction of sp³-hybridized carbons (Fsp3) is 0.412. The van der Waals surface area contributed by atoms with Crippen LogP contribution >= 0.6 is 0 Å². The highest BCUT2D eigenvalue weighted by molar-refractivity contribution is 7.89. The largest absolute Gasteiger partial charge is 0.481 e. The van der Waals surface area contributed by atoms with Crippen LogP contribution in [-0.4, -0.2) is 53.3 Å². The van der Waals surface area contributed by atoms with Crippen LogP contribution in [0.25, 0.3) is 11.3 Å². The summed E-state index contributed by atoms with van der Waals surface area (Å²) in [4.78, 5) is 11.2. The molecule has 0 bridgehead atoms. The molecule has 0 unspecified atom stereocenters. The molecule has 1 saturated heterocycles. The van der Waals surface area contributed by atoms with Crippen molar-refractivity contribution in [3.8, 4) is 11.3 Å². The van der Waals surface area contributed by atoms with Crippen LogP contribution in [0.15, 0.2) is 33.7 Å². The number of aliphatic hydroxyl groups excluding tert-OH is 1. The molecule has 0 aliphatic carbocycles. The van der Waals surface area contributed by atoms with Crippen molar-refractivity contribution in [1.82, 2.24) is 9.46 Å². The van der Waals surface area contributed by atoms with Crippen LogP contribution in [0.1, 0.15) is 17.7 Å². The molecule has 1 aliphatic rings. The number of hydrogen-bond donors (Lipinski definition) is 2. The normalized spacial score (nSPS) is 21.7. The Labute approximate surface area is 151 Å². The van der Waals surface area contributed by atoms with Crippen molar-refractivity contribution in [1.29, 1.82) is 0 Å². The summed E-state index contributed by atoms with van der Waals surface area (Å²) in [5, 5.41) is 22.9. The molecule has 1 aliphatic heterocycles. The Balaban J connectivity index is 1.93. The first-order valence-corrected chi connectivity index (χ1v) is 9.59. The van der Waals surface area contributed by atoms with Gasteiger partial charge in [0, 0.05) is 24.7 Å². The van der Waals surface area contributed by atoms with Crippen molar-refractivity contribution in [2.45, 2.75) is 31.3 Å². The van der Waals surface area contributed by atoms with E-state index in [1.807, 2.05) is 0 Å². The molecular weight excluding hydrogens is 360 g/mol. The lowest BCUT2D eigenvalue weighted by molar-refractivity contribution is -0.147. The standard InChI is InChI=1S/C17H20N2O6S/c1-10-3-4-12(15-7-11(2)18-25-15)8-16(10)26(23,24)19-6-5-13(17(21)22)14(20)9-19/h3-4,7-8,13-14,20H,5-6,9H2,1-2H3,(H,21,22)/t13-,14+/m0/s1. The third-order valence-electron chi connectivity index (χ3n) is 4.58. The molecule has 0 spiro atoms. The van der Waals surface area contributed by atoms with Crippen molar-refractivity contribution in [3.05, 3.63) is 35.5 Å². The number of aliphatic carboxylic acids is 1. The zero-order valence-electron chi connectivity index (χ0n) is 14.4. The number of aliphatic hydroxyl groups is 1. The average Bonchev–Trinajstić information content (AvgIpc) is 3.01. The molecule has 26 heavy (non-hydrogen) atoms. The van der Waals surface area contributed by atoms with Gasteiger partial charge < -0.3 is 14.7 Å². The van der Waals surface area contributed by atoms with E-state index in [0.717, 1.165) is 4.31 Å². The fourth-order valence-corrected chi connectivity index (χ4v) is 4.80. The van der Waals surface area contributed by atoms with Gasteiger partial charge in [0.25, 0.3) is 0 Å². The molecule has 0 saturated carbocycles. The third kappa shape index (κ3) is 3.37. The van der Waals surface area contributed by atoms with E-state index >= 15 is 0 Å². The van der Waals surface area contributed by atoms with Gasteiger partial charge in [0.2, 0.25) is 10.0 Å². The quantitative estimate of drug-likeness (QED) is 0.822. The minimum absolute atomic E-state index is 0.0431. The second kappa shape index (κ2) is 6.82. The highest BCUT2D eigenvalue weighted by Crippen LogP contribution is 2.30. The van der Waals surface area contributed by atoms with Crippen LogP contribution in [0.2, 0.25) is 0 Å². The van der Waals surface area contributed by atoms with Gasteiger partial charge in [-0.25, -0.2) is 8.42 Å². The molecule has 1 fully saturated rings. The first kappa shape index (κ1) is 18.6. The molecule has 2 heterocycles. The topological polar surface area (TPSA) is 121 Å². The molecule has 2 aromatic rings. The van der Waals surface area contributed by atoms with E-state index in [4.69, 9.17) is 9.63 Å². The number of carbonyl (C=O) groups is 1. The van der Waals surface area contributed by atoms with Gasteiger partial charge in [-0.2, -0.15) is 4.31 Å². The summed E-state index contributed by atoms with van der Waals surface area (Å²) in [5.41, 5.74) is 1.82. The van der Waals surface area contributed by atoms with Crippen molar-refractivity contribution in [3.63, 3.8) is 0 Å². The highest BCUT2D eigenvalue weighted by atomic mass is 32.2. The molecule has 2 N–H and O–H groups in total. The van der Waals surface area contributed by atoms with E-state index in [0.29, 0.717) is 22.6 Å². The maximum atomic E-state index is 13.0. The van der Waals surface area contributed by atoms with Crippen molar-refractivity contribution < 1.29 is 27.9 Å². The second-order valence-corrected chi connectivity index (χ2v) is 8.38. The molecule has 1 aromatic carbocycles. The zero-order valence-corrected chi connectivity index (χ0v) is 15.2. The average molecular weight is 380 g/mol. The Morgan fingerprint density at radius 3 is 2.62 bits per heavy atom. The Hall–Kier alpha value is -2.23. The molecule has 9 heteroatoms. The van der Waals surface area contributed by atoms with E-state index in [-0.39, 0.29) is 24.4 Å². The maximum Gasteiger partial charge on any atom is 0.309 e. The molecule has 3 rings (SSSR count). The van der Waals surface area contributed by atoms with Crippen LogP contribution in [0.4, 0.5) is 0 Å². The number of piperidine rings is 1. The van der Waals surface area contributed by atoms with Gasteiger partial charge in [-0.05, 0) is 31.9 Å². The SMILES string of the molecule is Cc1cc(-c2ccc(C)c(S(=O)(=O)N3CC[C@H](C(=O)O)[C@H](O)C3)c2)on1. The highest BCUT2D eigenvalue weighted by Gasteiger charge is 2.38. The number of hydrogen-bond acceptors (Lipinski definition) is 6. The molecule has 1 aromatic heterocycles. The summed E-state index contributed by atoms with van der Waals surface area (Å²) in [6, 6.07) is 6.66. The fourth-order valence-electron chi connectivity index (χ4n) is 3.08. The van der Waals surface area contributed by atoms with Crippen LogP contribution in [-0.2, 0) is 14.8 Å². The maximum absolute atomic E-state index is 13.0. The van der Waals surface area contributed by atoms with Crippen molar-refractivity contribution >= 4 is 16.0 Å². The Kier molecular flexibility index (Phi) is 4.87. The van der Waals surface area contributed by atoms with Gasteiger partial charge >= 0.3 is 5.97 Å². The van der Waals surface area contributed by atoms with Crippen LogP contribution in [0.3, 0.4) is 0 Å². The van der Waals surface area contributed by atoms with Gasteiger partial charge in [0.1, 0.15) is 0 Å². The second-order valence-electron chi connectivity index (χ2n) is 6.48. The number of aromatic nitrogens is 1. The smallest absolute Gasteiger partial charge is 0.309 e. The number of nitrogens with zero attached hydrogens (tertiary/aromatic N) is 2. The van der Waals surface area contributed by atoms with Gasteiger partial charge in [0.15, 0.2) is 5.76 Å². The number of benzene rings is 1.